The topological polar surface area (TPSA) is 0 Å². The van der Waals surface area contributed by atoms with E-state index in [9.17, 15) is 0 Å². The monoisotopic (exact) mass is 230 g/mol. The second-order valence-electron chi connectivity index (χ2n) is 4.10. The summed E-state index contributed by atoms with van der Waals surface area (Å²) < 4.78 is 0. The number of benzene rings is 1. The Morgan fingerprint density at radius 1 is 1.12 bits per heavy atom. The number of rotatable bonds is 4. The van der Waals surface area contributed by atoms with Crippen LogP contribution in [0.25, 0.3) is 12.2 Å². The molecular formula is C17H26. The van der Waals surface area contributed by atoms with Crippen LogP contribution < -0.4 is 0 Å². The van der Waals surface area contributed by atoms with E-state index < -0.39 is 0 Å². The summed E-state index contributed by atoms with van der Waals surface area (Å²) in [7, 11) is 0. The van der Waals surface area contributed by atoms with Gasteiger partial charge in [0, 0.05) is 0 Å². The van der Waals surface area contributed by atoms with Crippen molar-refractivity contribution in [3.63, 3.8) is 0 Å². The van der Waals surface area contributed by atoms with Crippen LogP contribution in [0.3, 0.4) is 0 Å². The first-order chi connectivity index (χ1) is 8.13. The van der Waals surface area contributed by atoms with Gasteiger partial charge in [0.05, 0.1) is 0 Å². The van der Waals surface area contributed by atoms with Crippen molar-refractivity contribution in [2.45, 2.75) is 47.0 Å². The molecule has 0 saturated carbocycles. The second-order valence-corrected chi connectivity index (χ2v) is 4.10. The molecule has 1 aromatic rings. The Kier molecular flexibility index (Phi) is 7.29. The normalized spacial score (nSPS) is 9.53. The summed E-state index contributed by atoms with van der Waals surface area (Å²) in [6.07, 6.45) is 4.92. The summed E-state index contributed by atoms with van der Waals surface area (Å²) in [4.78, 5) is 0. The predicted octanol–water partition coefficient (Wildman–Crippen LogP) is 5.68. The predicted molar refractivity (Wildman–Crippen MR) is 81.4 cm³/mol. The van der Waals surface area contributed by atoms with Crippen LogP contribution in [0.1, 0.15) is 62.8 Å². The Morgan fingerprint density at radius 2 is 1.71 bits per heavy atom. The van der Waals surface area contributed by atoms with Gasteiger partial charge in [-0.05, 0) is 34.6 Å². The van der Waals surface area contributed by atoms with E-state index in [1.54, 1.807) is 0 Å². The molecule has 0 nitrogen and oxygen atoms in total. The lowest BCUT2D eigenvalue weighted by Gasteiger charge is -2.15. The molecule has 0 fully saturated rings. The van der Waals surface area contributed by atoms with E-state index in [2.05, 4.69) is 46.1 Å². The van der Waals surface area contributed by atoms with Crippen molar-refractivity contribution in [2.24, 2.45) is 0 Å². The molecule has 0 unspecified atom stereocenters. The van der Waals surface area contributed by atoms with Crippen molar-refractivity contribution < 1.29 is 0 Å². The highest BCUT2D eigenvalue weighted by molar-refractivity contribution is 5.67. The van der Waals surface area contributed by atoms with Crippen molar-refractivity contribution in [2.75, 3.05) is 0 Å². The molecule has 0 bridgehead atoms. The third kappa shape index (κ3) is 3.89. The van der Waals surface area contributed by atoms with E-state index in [1.807, 2.05) is 26.0 Å². The molecule has 17 heavy (non-hydrogen) atoms. The molecule has 0 aliphatic carbocycles. The highest BCUT2D eigenvalue weighted by Gasteiger charge is 2.08. The standard InChI is InChI=1S/C15H20.C2H6/c1-6-12-9-13(7-2)14(8-3)15(10-12)11(4)5;1-2/h7-11H,2-3,6H2,1,4-5H3;1-2H3. The van der Waals surface area contributed by atoms with Gasteiger partial charge in [-0.3, -0.25) is 0 Å². The third-order valence-corrected chi connectivity index (χ3v) is 2.76. The molecule has 0 heteroatoms. The molecule has 0 N–H and O–H groups in total. The van der Waals surface area contributed by atoms with Crippen molar-refractivity contribution in [1.29, 1.82) is 0 Å². The molecule has 0 radical (unpaired) electrons. The average Bonchev–Trinajstić information content (AvgIpc) is 2.39. The van der Waals surface area contributed by atoms with Gasteiger partial charge in [0.15, 0.2) is 0 Å². The Bertz CT molecular complexity index is 370. The molecule has 0 aliphatic rings. The maximum atomic E-state index is 3.89. The summed E-state index contributed by atoms with van der Waals surface area (Å²) in [5.41, 5.74) is 5.18. The van der Waals surface area contributed by atoms with Crippen molar-refractivity contribution in [1.82, 2.24) is 0 Å². The van der Waals surface area contributed by atoms with Gasteiger partial charge in [0.25, 0.3) is 0 Å². The molecule has 0 aliphatic heterocycles. The van der Waals surface area contributed by atoms with Crippen LogP contribution in [0.4, 0.5) is 0 Å². The Morgan fingerprint density at radius 3 is 2.06 bits per heavy atom. The van der Waals surface area contributed by atoms with E-state index in [0.717, 1.165) is 6.42 Å². The van der Waals surface area contributed by atoms with E-state index in [-0.39, 0.29) is 0 Å². The van der Waals surface area contributed by atoms with Gasteiger partial charge in [0.2, 0.25) is 0 Å². The molecule has 0 saturated heterocycles. The van der Waals surface area contributed by atoms with E-state index in [4.69, 9.17) is 0 Å². The lowest BCUT2D eigenvalue weighted by Crippen LogP contribution is -1.97. The fraction of sp³-hybridized carbons (Fsp3) is 0.412. The zero-order valence-corrected chi connectivity index (χ0v) is 12.0. The van der Waals surface area contributed by atoms with E-state index in [1.165, 1.54) is 22.3 Å². The molecule has 0 aromatic heterocycles. The van der Waals surface area contributed by atoms with Crippen molar-refractivity contribution in [3.05, 3.63) is 47.5 Å². The molecule has 0 spiro atoms. The Balaban J connectivity index is 0.00000121. The largest absolute Gasteiger partial charge is 0.0984 e. The van der Waals surface area contributed by atoms with Crippen molar-refractivity contribution >= 4 is 12.2 Å². The first-order valence-electron chi connectivity index (χ1n) is 6.55. The minimum Gasteiger partial charge on any atom is -0.0984 e. The lowest BCUT2D eigenvalue weighted by molar-refractivity contribution is 0.859. The minimum absolute atomic E-state index is 0.531. The van der Waals surface area contributed by atoms with Gasteiger partial charge in [-0.1, -0.05) is 72.1 Å². The second kappa shape index (κ2) is 7.89. The fourth-order valence-electron chi connectivity index (χ4n) is 1.85. The summed E-state index contributed by atoms with van der Waals surface area (Å²) >= 11 is 0. The molecule has 0 atom stereocenters. The highest BCUT2D eigenvalue weighted by atomic mass is 14.1. The highest BCUT2D eigenvalue weighted by Crippen LogP contribution is 2.26. The van der Waals surface area contributed by atoms with Crippen molar-refractivity contribution in [3.8, 4) is 0 Å². The van der Waals surface area contributed by atoms with Gasteiger partial charge in [-0.2, -0.15) is 0 Å². The van der Waals surface area contributed by atoms with Crippen LogP contribution in [0.15, 0.2) is 25.3 Å². The summed E-state index contributed by atoms with van der Waals surface area (Å²) in [5, 5.41) is 0. The third-order valence-electron chi connectivity index (χ3n) is 2.76. The summed E-state index contributed by atoms with van der Waals surface area (Å²) in [6.45, 7) is 18.4. The van der Waals surface area contributed by atoms with Gasteiger partial charge in [-0.15, -0.1) is 0 Å². The maximum Gasteiger partial charge on any atom is -0.0155 e. The zero-order chi connectivity index (χ0) is 13.4. The van der Waals surface area contributed by atoms with Gasteiger partial charge in [0.1, 0.15) is 0 Å². The molecule has 0 amide bonds. The molecule has 0 heterocycles. The Hall–Kier alpha value is -1.30. The summed E-state index contributed by atoms with van der Waals surface area (Å²) in [5.74, 6) is 0.531. The smallest absolute Gasteiger partial charge is 0.0155 e. The van der Waals surface area contributed by atoms with Gasteiger partial charge in [-0.25, -0.2) is 0 Å². The molecule has 1 rings (SSSR count). The van der Waals surface area contributed by atoms with E-state index >= 15 is 0 Å². The van der Waals surface area contributed by atoms with Crippen LogP contribution in [0.2, 0.25) is 0 Å². The number of aryl methyl sites for hydroxylation is 1. The first-order valence-corrected chi connectivity index (χ1v) is 6.55. The van der Waals surface area contributed by atoms with Gasteiger partial charge < -0.3 is 0 Å². The zero-order valence-electron chi connectivity index (χ0n) is 12.0. The van der Waals surface area contributed by atoms with Crippen LogP contribution in [0, 0.1) is 0 Å². The van der Waals surface area contributed by atoms with Crippen LogP contribution in [-0.2, 0) is 6.42 Å². The SMILES string of the molecule is C=Cc1cc(CC)cc(C(C)C)c1C=C.CC. The first kappa shape index (κ1) is 15.7. The van der Waals surface area contributed by atoms with Gasteiger partial charge >= 0.3 is 0 Å². The molecule has 94 valence electrons. The molecular weight excluding hydrogens is 204 g/mol. The number of hydrogen-bond donors (Lipinski definition) is 0. The molecule has 1 aromatic carbocycles. The minimum atomic E-state index is 0.531. The van der Waals surface area contributed by atoms with Crippen LogP contribution >= 0.6 is 0 Å². The average molecular weight is 230 g/mol. The van der Waals surface area contributed by atoms with E-state index in [0.29, 0.717) is 5.92 Å². The maximum absolute atomic E-state index is 3.89. The van der Waals surface area contributed by atoms with Crippen LogP contribution in [-0.4, -0.2) is 0 Å². The quantitative estimate of drug-likeness (QED) is 0.623. The number of hydrogen-bond acceptors (Lipinski definition) is 0. The lowest BCUT2D eigenvalue weighted by atomic mass is 9.90. The summed E-state index contributed by atoms with van der Waals surface area (Å²) in [6, 6.07) is 4.49. The van der Waals surface area contributed by atoms with Crippen LogP contribution in [0.5, 0.6) is 0 Å². The fourth-order valence-corrected chi connectivity index (χ4v) is 1.85. The Labute approximate surface area is 107 Å².